The van der Waals surface area contributed by atoms with Crippen molar-refractivity contribution in [2.45, 2.75) is 58.2 Å². The molecule has 0 saturated carbocycles. The van der Waals surface area contributed by atoms with Gasteiger partial charge in [0.05, 0.1) is 0 Å². The number of nitrogens with one attached hydrogen (secondary N) is 2. The van der Waals surface area contributed by atoms with Crippen LogP contribution in [0.4, 0.5) is 5.69 Å². The Morgan fingerprint density at radius 3 is 2.82 bits per heavy atom. The molecule has 2 atom stereocenters. The molecule has 1 saturated heterocycles. The van der Waals surface area contributed by atoms with Crippen molar-refractivity contribution in [2.24, 2.45) is 5.92 Å². The summed E-state index contributed by atoms with van der Waals surface area (Å²) in [5.41, 5.74) is 2.70. The Morgan fingerprint density at radius 1 is 1.14 bits per heavy atom. The molecule has 2 N–H and O–H groups in total. The van der Waals surface area contributed by atoms with Crippen LogP contribution in [0, 0.1) is 5.92 Å². The number of benzene rings is 1. The summed E-state index contributed by atoms with van der Waals surface area (Å²) < 4.78 is 0. The first-order chi connectivity index (χ1) is 10.7. The van der Waals surface area contributed by atoms with Gasteiger partial charge < -0.3 is 10.6 Å². The lowest BCUT2D eigenvalue weighted by atomic mass is 10.1. The fourth-order valence-electron chi connectivity index (χ4n) is 3.91. The van der Waals surface area contributed by atoms with Crippen molar-refractivity contribution < 1.29 is 0 Å². The molecule has 122 valence electrons. The zero-order valence-electron chi connectivity index (χ0n) is 14.1. The highest BCUT2D eigenvalue weighted by molar-refractivity contribution is 5.51. The predicted octanol–water partition coefficient (Wildman–Crippen LogP) is 3.47. The predicted molar refractivity (Wildman–Crippen MR) is 94.2 cm³/mol. The number of hydrogen-bond acceptors (Lipinski definition) is 3. The standard InChI is InChI=1S/C19H31N3/c1-15(2)10-12-22-17-7-8-18(22)14-20-13-16-5-3-4-6-19(16)21-11-9-17/h3-6,15,17-18,20-21H,7-14H2,1-2H3/t17-,18+/m1/s1. The van der Waals surface area contributed by atoms with E-state index in [1.165, 1.54) is 43.5 Å². The minimum atomic E-state index is 0.731. The zero-order valence-corrected chi connectivity index (χ0v) is 14.1. The van der Waals surface area contributed by atoms with E-state index in [-0.39, 0.29) is 0 Å². The molecular weight excluding hydrogens is 270 g/mol. The Bertz CT molecular complexity index is 435. The van der Waals surface area contributed by atoms with Crippen molar-refractivity contribution in [2.75, 3.05) is 25.0 Å². The highest BCUT2D eigenvalue weighted by Gasteiger charge is 2.32. The molecule has 0 aromatic heterocycles. The fraction of sp³-hybridized carbons (Fsp3) is 0.684. The second-order valence-electron chi connectivity index (χ2n) is 7.31. The lowest BCUT2D eigenvalue weighted by Gasteiger charge is -2.31. The minimum absolute atomic E-state index is 0.731. The monoisotopic (exact) mass is 301 g/mol. The number of para-hydroxylation sites is 1. The minimum Gasteiger partial charge on any atom is -0.385 e. The van der Waals surface area contributed by atoms with Gasteiger partial charge in [0, 0.05) is 37.4 Å². The summed E-state index contributed by atoms with van der Waals surface area (Å²) in [6, 6.07) is 10.2. The van der Waals surface area contributed by atoms with E-state index in [0.717, 1.165) is 37.6 Å². The third-order valence-corrected chi connectivity index (χ3v) is 5.24. The van der Waals surface area contributed by atoms with Crippen LogP contribution in [0.2, 0.25) is 0 Å². The van der Waals surface area contributed by atoms with Crippen molar-refractivity contribution in [1.29, 1.82) is 0 Å². The van der Waals surface area contributed by atoms with Crippen molar-refractivity contribution in [3.63, 3.8) is 0 Å². The van der Waals surface area contributed by atoms with Gasteiger partial charge >= 0.3 is 0 Å². The van der Waals surface area contributed by atoms with Gasteiger partial charge in [-0.25, -0.2) is 0 Å². The molecule has 2 aliphatic heterocycles. The molecule has 2 bridgehead atoms. The largest absolute Gasteiger partial charge is 0.385 e. The Labute approximate surface area is 135 Å². The van der Waals surface area contributed by atoms with Gasteiger partial charge in [0.2, 0.25) is 0 Å². The molecule has 3 rings (SSSR count). The van der Waals surface area contributed by atoms with Gasteiger partial charge in [0.25, 0.3) is 0 Å². The third kappa shape index (κ3) is 3.82. The summed E-state index contributed by atoms with van der Waals surface area (Å²) in [5.74, 6) is 0.799. The summed E-state index contributed by atoms with van der Waals surface area (Å²) in [4.78, 5) is 2.80. The second kappa shape index (κ2) is 7.47. The van der Waals surface area contributed by atoms with Crippen molar-refractivity contribution >= 4 is 5.69 Å². The van der Waals surface area contributed by atoms with Crippen molar-refractivity contribution in [3.8, 4) is 0 Å². The number of nitrogens with zero attached hydrogens (tertiary/aromatic N) is 1. The van der Waals surface area contributed by atoms with Crippen LogP contribution in [0.15, 0.2) is 24.3 Å². The Morgan fingerprint density at radius 2 is 1.95 bits per heavy atom. The summed E-state index contributed by atoms with van der Waals surface area (Å²) >= 11 is 0. The molecule has 22 heavy (non-hydrogen) atoms. The number of anilines is 1. The molecule has 2 heterocycles. The lowest BCUT2D eigenvalue weighted by molar-refractivity contribution is 0.174. The first kappa shape index (κ1) is 15.8. The zero-order chi connectivity index (χ0) is 15.4. The molecule has 0 spiro atoms. The Hall–Kier alpha value is -1.06. The van der Waals surface area contributed by atoms with Crippen LogP contribution in [-0.4, -0.2) is 36.6 Å². The van der Waals surface area contributed by atoms with Gasteiger partial charge in [-0.1, -0.05) is 32.0 Å². The average Bonchev–Trinajstić information content (AvgIpc) is 2.86. The third-order valence-electron chi connectivity index (χ3n) is 5.24. The Kier molecular flexibility index (Phi) is 5.37. The van der Waals surface area contributed by atoms with Crippen LogP contribution in [0.3, 0.4) is 0 Å². The first-order valence-corrected chi connectivity index (χ1v) is 9.02. The summed E-state index contributed by atoms with van der Waals surface area (Å²) in [6.45, 7) is 9.13. The van der Waals surface area contributed by atoms with Crippen molar-refractivity contribution in [1.82, 2.24) is 10.2 Å². The molecular formula is C19H31N3. The normalized spacial score (nSPS) is 26.3. The average molecular weight is 301 g/mol. The molecule has 0 unspecified atom stereocenters. The molecule has 1 aromatic rings. The van der Waals surface area contributed by atoms with Gasteiger partial charge in [-0.15, -0.1) is 0 Å². The maximum atomic E-state index is 3.70. The van der Waals surface area contributed by atoms with Crippen LogP contribution in [0.5, 0.6) is 0 Å². The van der Waals surface area contributed by atoms with Crippen LogP contribution in [-0.2, 0) is 6.54 Å². The van der Waals surface area contributed by atoms with Crippen LogP contribution < -0.4 is 10.6 Å². The molecule has 1 fully saturated rings. The fourth-order valence-corrected chi connectivity index (χ4v) is 3.91. The van der Waals surface area contributed by atoms with E-state index in [4.69, 9.17) is 0 Å². The van der Waals surface area contributed by atoms with Crippen LogP contribution in [0.1, 0.15) is 45.1 Å². The maximum absolute atomic E-state index is 3.70. The molecule has 3 heteroatoms. The van der Waals surface area contributed by atoms with E-state index in [0.29, 0.717) is 0 Å². The van der Waals surface area contributed by atoms with Crippen LogP contribution >= 0.6 is 0 Å². The van der Waals surface area contributed by atoms with Gasteiger partial charge in [-0.3, -0.25) is 4.90 Å². The molecule has 1 aromatic carbocycles. The smallest absolute Gasteiger partial charge is 0.0385 e. The summed E-state index contributed by atoms with van der Waals surface area (Å²) in [5, 5.41) is 7.36. The van der Waals surface area contributed by atoms with Gasteiger partial charge in [0.15, 0.2) is 0 Å². The quantitative estimate of drug-likeness (QED) is 0.895. The molecule has 0 aliphatic carbocycles. The highest BCUT2D eigenvalue weighted by Crippen LogP contribution is 2.28. The van der Waals surface area contributed by atoms with Crippen molar-refractivity contribution in [3.05, 3.63) is 29.8 Å². The lowest BCUT2D eigenvalue weighted by Crippen LogP contribution is -2.42. The number of rotatable bonds is 3. The molecule has 3 nitrogen and oxygen atoms in total. The molecule has 0 amide bonds. The summed E-state index contributed by atoms with van der Waals surface area (Å²) in [7, 11) is 0. The van der Waals surface area contributed by atoms with Gasteiger partial charge in [-0.2, -0.15) is 0 Å². The topological polar surface area (TPSA) is 27.3 Å². The SMILES string of the molecule is CC(C)CCN1[C@H]2CCNc3ccccc3CNC[C@@H]1CC2. The first-order valence-electron chi connectivity index (χ1n) is 9.02. The van der Waals surface area contributed by atoms with E-state index in [1.54, 1.807) is 0 Å². The van der Waals surface area contributed by atoms with E-state index in [1.807, 2.05) is 0 Å². The van der Waals surface area contributed by atoms with Crippen LogP contribution in [0.25, 0.3) is 0 Å². The van der Waals surface area contributed by atoms with Gasteiger partial charge in [-0.05, 0) is 49.8 Å². The Balaban J connectivity index is 1.68. The molecule has 0 radical (unpaired) electrons. The van der Waals surface area contributed by atoms with E-state index >= 15 is 0 Å². The maximum Gasteiger partial charge on any atom is 0.0385 e. The summed E-state index contributed by atoms with van der Waals surface area (Å²) in [6.07, 6.45) is 5.31. The van der Waals surface area contributed by atoms with E-state index < -0.39 is 0 Å². The van der Waals surface area contributed by atoms with E-state index in [2.05, 4.69) is 53.6 Å². The van der Waals surface area contributed by atoms with E-state index in [9.17, 15) is 0 Å². The highest BCUT2D eigenvalue weighted by atomic mass is 15.2. The van der Waals surface area contributed by atoms with Gasteiger partial charge in [0.1, 0.15) is 0 Å². The second-order valence-corrected chi connectivity index (χ2v) is 7.31. The number of hydrogen-bond donors (Lipinski definition) is 2. The number of fused-ring (bicyclic) bond motifs is 3. The molecule has 2 aliphatic rings.